The third kappa shape index (κ3) is 2.15. The van der Waals surface area contributed by atoms with Crippen LogP contribution < -0.4 is 5.73 Å². The van der Waals surface area contributed by atoms with E-state index in [1.165, 1.54) is 16.9 Å². The molecule has 6 rings (SSSR count). The van der Waals surface area contributed by atoms with Crippen molar-refractivity contribution in [1.29, 1.82) is 0 Å². The lowest BCUT2D eigenvalue weighted by Crippen LogP contribution is -2.41. The highest BCUT2D eigenvalue weighted by Gasteiger charge is 2.70. The van der Waals surface area contributed by atoms with E-state index in [1.807, 2.05) is 11.8 Å². The van der Waals surface area contributed by atoms with Gasteiger partial charge < -0.3 is 5.73 Å². The first-order chi connectivity index (χ1) is 12.1. The number of hydrogen-bond donors (Lipinski definition) is 1. The van der Waals surface area contributed by atoms with Crippen molar-refractivity contribution < 1.29 is 4.79 Å². The van der Waals surface area contributed by atoms with Gasteiger partial charge in [-0.05, 0) is 60.6 Å². The lowest BCUT2D eigenvalue weighted by atomic mass is 9.63. The molecule has 1 amide bonds. The molecule has 3 heteroatoms. The van der Waals surface area contributed by atoms with Crippen molar-refractivity contribution in [2.24, 2.45) is 23.0 Å². The lowest BCUT2D eigenvalue weighted by Gasteiger charge is -2.42. The lowest BCUT2D eigenvalue weighted by molar-refractivity contribution is -0.129. The number of amides is 1. The van der Waals surface area contributed by atoms with Gasteiger partial charge in [0.25, 0.3) is 0 Å². The summed E-state index contributed by atoms with van der Waals surface area (Å²) in [6, 6.07) is 21.5. The van der Waals surface area contributed by atoms with Crippen LogP contribution in [-0.2, 0) is 10.2 Å². The van der Waals surface area contributed by atoms with Crippen LogP contribution >= 0.6 is 11.8 Å². The summed E-state index contributed by atoms with van der Waals surface area (Å²) < 4.78 is 0. The van der Waals surface area contributed by atoms with E-state index in [2.05, 4.69) is 60.7 Å². The second-order valence-electron chi connectivity index (χ2n) is 8.22. The summed E-state index contributed by atoms with van der Waals surface area (Å²) >= 11 is 1.98. The number of hydrogen-bond acceptors (Lipinski definition) is 2. The summed E-state index contributed by atoms with van der Waals surface area (Å²) in [6.07, 6.45) is 4.26. The fourth-order valence-corrected chi connectivity index (χ4v) is 7.70. The van der Waals surface area contributed by atoms with Crippen LogP contribution in [0.25, 0.3) is 0 Å². The average Bonchev–Trinajstić information content (AvgIpc) is 3.01. The highest BCUT2D eigenvalue weighted by Crippen LogP contribution is 2.72. The van der Waals surface area contributed by atoms with Crippen LogP contribution in [0.4, 0.5) is 0 Å². The Hall–Kier alpha value is -1.74. The second-order valence-corrected chi connectivity index (χ2v) is 9.47. The largest absolute Gasteiger partial charge is 0.369 e. The van der Waals surface area contributed by atoms with E-state index in [9.17, 15) is 4.79 Å². The van der Waals surface area contributed by atoms with Gasteiger partial charge in [-0.3, -0.25) is 4.79 Å². The Labute approximate surface area is 153 Å². The molecule has 0 aromatic heterocycles. The van der Waals surface area contributed by atoms with Crippen molar-refractivity contribution >= 4 is 17.7 Å². The summed E-state index contributed by atoms with van der Waals surface area (Å²) in [5.41, 5.74) is 7.29. The molecule has 5 unspecified atom stereocenters. The number of carbonyl (C=O) groups is 1. The van der Waals surface area contributed by atoms with E-state index < -0.39 is 0 Å². The van der Waals surface area contributed by atoms with E-state index >= 15 is 0 Å². The first-order valence-corrected chi connectivity index (χ1v) is 10.1. The average molecular weight is 349 g/mol. The van der Waals surface area contributed by atoms with E-state index in [0.29, 0.717) is 17.1 Å². The quantitative estimate of drug-likeness (QED) is 0.889. The first kappa shape index (κ1) is 15.5. The van der Waals surface area contributed by atoms with Crippen LogP contribution in [0.3, 0.4) is 0 Å². The zero-order valence-electron chi connectivity index (χ0n) is 14.2. The fourth-order valence-electron chi connectivity index (χ4n) is 6.17. The molecular formula is C22H23NOS. The normalized spacial score (nSPS) is 38.2. The molecule has 4 bridgehead atoms. The molecule has 4 saturated carbocycles. The third-order valence-corrected chi connectivity index (χ3v) is 8.54. The molecule has 2 aromatic rings. The van der Waals surface area contributed by atoms with Crippen molar-refractivity contribution in [3.63, 3.8) is 0 Å². The molecule has 2 nitrogen and oxygen atoms in total. The Kier molecular flexibility index (Phi) is 3.34. The highest BCUT2D eigenvalue weighted by atomic mass is 32.2. The van der Waals surface area contributed by atoms with Gasteiger partial charge >= 0.3 is 0 Å². The summed E-state index contributed by atoms with van der Waals surface area (Å²) in [7, 11) is 0. The molecule has 4 aliphatic rings. The van der Waals surface area contributed by atoms with Gasteiger partial charge in [0.1, 0.15) is 0 Å². The minimum atomic E-state index is -0.287. The van der Waals surface area contributed by atoms with E-state index in [1.54, 1.807) is 0 Å². The molecule has 0 spiro atoms. The number of carbonyl (C=O) groups excluding carboxylic acids is 1. The summed E-state index contributed by atoms with van der Waals surface area (Å²) in [6.45, 7) is 0. The highest BCUT2D eigenvalue weighted by molar-refractivity contribution is 8.00. The Bertz CT molecular complexity index is 807. The molecule has 2 aromatic carbocycles. The van der Waals surface area contributed by atoms with Crippen LogP contribution in [-0.4, -0.2) is 11.2 Å². The Balaban J connectivity index is 1.52. The van der Waals surface area contributed by atoms with Gasteiger partial charge in [-0.15, -0.1) is 11.8 Å². The van der Waals surface area contributed by atoms with Gasteiger partial charge in [0.2, 0.25) is 5.91 Å². The predicted molar refractivity (Wildman–Crippen MR) is 101 cm³/mol. The van der Waals surface area contributed by atoms with E-state index in [4.69, 9.17) is 5.73 Å². The minimum absolute atomic E-state index is 0.0591. The molecule has 25 heavy (non-hydrogen) atoms. The molecule has 0 aliphatic heterocycles. The van der Waals surface area contributed by atoms with Gasteiger partial charge in [-0.2, -0.15) is 0 Å². The van der Waals surface area contributed by atoms with E-state index in [-0.39, 0.29) is 16.7 Å². The van der Waals surface area contributed by atoms with Crippen molar-refractivity contribution in [1.82, 2.24) is 0 Å². The minimum Gasteiger partial charge on any atom is -0.369 e. The molecule has 4 fully saturated rings. The number of benzene rings is 2. The number of thioether (sulfide) groups is 1. The standard InChI is InChI=1S/C22H23NOS/c23-20(24)22-12-15-11-21(14-22,16-7-3-1-4-8-16)13-18(22)19(15)25-17-9-5-2-6-10-17/h1-10,15,18-19H,11-14H2,(H2,23,24). The van der Waals surface area contributed by atoms with Crippen LogP contribution in [0.2, 0.25) is 0 Å². The Morgan fingerprint density at radius 2 is 1.64 bits per heavy atom. The van der Waals surface area contributed by atoms with Crippen molar-refractivity contribution in [2.45, 2.75) is 41.2 Å². The first-order valence-electron chi connectivity index (χ1n) is 9.20. The molecule has 0 heterocycles. The number of primary amides is 1. The smallest absolute Gasteiger partial charge is 0.224 e. The Morgan fingerprint density at radius 3 is 2.32 bits per heavy atom. The van der Waals surface area contributed by atoms with Gasteiger partial charge in [-0.25, -0.2) is 0 Å². The van der Waals surface area contributed by atoms with Crippen LogP contribution in [0.1, 0.15) is 31.2 Å². The Morgan fingerprint density at radius 1 is 0.960 bits per heavy atom. The predicted octanol–water partition coefficient (Wildman–Crippen LogP) is 4.39. The second kappa shape index (κ2) is 5.38. The van der Waals surface area contributed by atoms with Crippen LogP contribution in [0.5, 0.6) is 0 Å². The topological polar surface area (TPSA) is 43.1 Å². The summed E-state index contributed by atoms with van der Waals surface area (Å²) in [5.74, 6) is 0.941. The SMILES string of the molecule is NC(=O)C12CC3CC(c4ccccc4)(CC1C3Sc1ccccc1)C2. The molecule has 4 aliphatic carbocycles. The summed E-state index contributed by atoms with van der Waals surface area (Å²) in [4.78, 5) is 13.9. The maximum absolute atomic E-state index is 12.6. The zero-order valence-corrected chi connectivity index (χ0v) is 15.0. The molecule has 2 N–H and O–H groups in total. The van der Waals surface area contributed by atoms with Crippen molar-refractivity contribution in [3.05, 3.63) is 66.2 Å². The molecule has 5 atom stereocenters. The molecule has 128 valence electrons. The van der Waals surface area contributed by atoms with Gasteiger partial charge in [0, 0.05) is 10.1 Å². The maximum Gasteiger partial charge on any atom is 0.224 e. The number of rotatable bonds is 4. The van der Waals surface area contributed by atoms with Crippen molar-refractivity contribution in [2.75, 3.05) is 0 Å². The van der Waals surface area contributed by atoms with Crippen molar-refractivity contribution in [3.8, 4) is 0 Å². The van der Waals surface area contributed by atoms with Crippen LogP contribution in [0.15, 0.2) is 65.6 Å². The monoisotopic (exact) mass is 349 g/mol. The zero-order chi connectivity index (χ0) is 17.1. The maximum atomic E-state index is 12.6. The van der Waals surface area contributed by atoms with Gasteiger partial charge in [-0.1, -0.05) is 48.5 Å². The van der Waals surface area contributed by atoms with Gasteiger partial charge in [0.05, 0.1) is 5.41 Å². The third-order valence-electron chi connectivity index (χ3n) is 7.01. The molecule has 0 radical (unpaired) electrons. The van der Waals surface area contributed by atoms with Gasteiger partial charge in [0.15, 0.2) is 0 Å². The van der Waals surface area contributed by atoms with E-state index in [0.717, 1.165) is 19.3 Å². The number of nitrogens with two attached hydrogens (primary N) is 1. The summed E-state index contributed by atoms with van der Waals surface area (Å²) in [5, 5.41) is 0.522. The molecule has 0 saturated heterocycles. The molecular weight excluding hydrogens is 326 g/mol. The fraction of sp³-hybridized carbons (Fsp3) is 0.409. The van der Waals surface area contributed by atoms with Crippen LogP contribution in [0, 0.1) is 17.3 Å².